The van der Waals surface area contributed by atoms with Crippen molar-refractivity contribution in [2.24, 2.45) is 0 Å². The molecule has 2 N–H and O–H groups in total. The van der Waals surface area contributed by atoms with Crippen LogP contribution in [0, 0.1) is 0 Å². The Morgan fingerprint density at radius 3 is 2.38 bits per heavy atom. The highest BCUT2D eigenvalue weighted by Gasteiger charge is 2.32. The van der Waals surface area contributed by atoms with Gasteiger partial charge < -0.3 is 24.8 Å². The summed E-state index contributed by atoms with van der Waals surface area (Å²) in [4.78, 5) is 17.9. The number of benzene rings is 2. The van der Waals surface area contributed by atoms with Crippen LogP contribution in [-0.2, 0) is 4.79 Å². The molecule has 1 atom stereocenters. The molecular weight excluding hydrogens is 390 g/mol. The second-order valence-corrected chi connectivity index (χ2v) is 7.52. The number of para-hydroxylation sites is 1. The molecule has 8 heteroatoms. The summed E-state index contributed by atoms with van der Waals surface area (Å²) in [5.41, 5.74) is 1.85. The molecule has 1 aliphatic heterocycles. The maximum atomic E-state index is 12.4. The number of thiazole rings is 1. The summed E-state index contributed by atoms with van der Waals surface area (Å²) in [6.07, 6.45) is 0.318. The molecule has 0 bridgehead atoms. The number of carbonyl (C=O) groups is 1. The number of hydrogen-bond acceptors (Lipinski definition) is 7. The van der Waals surface area contributed by atoms with Crippen LogP contribution >= 0.6 is 11.3 Å². The molecule has 1 aromatic heterocycles. The first-order valence-electron chi connectivity index (χ1n) is 9.05. The molecule has 2 heterocycles. The zero-order valence-electron chi connectivity index (χ0n) is 16.3. The third kappa shape index (κ3) is 3.71. The van der Waals surface area contributed by atoms with E-state index in [9.17, 15) is 4.79 Å². The number of carbonyl (C=O) groups excluding carboxylic acids is 1. The van der Waals surface area contributed by atoms with Gasteiger partial charge in [-0.1, -0.05) is 29.5 Å². The SMILES string of the molecule is COc1cc([C@H]2CC(=O)Nc3nc(Nc4ccccc4)sc32)cc(OC)c1OC. The monoisotopic (exact) mass is 411 g/mol. The second-order valence-electron chi connectivity index (χ2n) is 6.49. The number of amides is 1. The van der Waals surface area contributed by atoms with Crippen LogP contribution in [0.15, 0.2) is 42.5 Å². The van der Waals surface area contributed by atoms with Gasteiger partial charge >= 0.3 is 0 Å². The van der Waals surface area contributed by atoms with Crippen molar-refractivity contribution in [3.8, 4) is 17.2 Å². The Bertz CT molecular complexity index is 1010. The molecule has 0 saturated carbocycles. The Balaban J connectivity index is 1.74. The normalized spacial score (nSPS) is 15.3. The fourth-order valence-corrected chi connectivity index (χ4v) is 4.46. The number of rotatable bonds is 6. The van der Waals surface area contributed by atoms with Gasteiger partial charge in [-0.2, -0.15) is 0 Å². The average Bonchev–Trinajstić information content (AvgIpc) is 3.14. The first-order chi connectivity index (χ1) is 14.1. The van der Waals surface area contributed by atoms with Crippen molar-refractivity contribution < 1.29 is 19.0 Å². The summed E-state index contributed by atoms with van der Waals surface area (Å²) in [7, 11) is 4.72. The van der Waals surface area contributed by atoms with Crippen molar-refractivity contribution in [2.45, 2.75) is 12.3 Å². The third-order valence-electron chi connectivity index (χ3n) is 4.73. The number of ether oxygens (including phenoxy) is 3. The lowest BCUT2D eigenvalue weighted by Gasteiger charge is -2.23. The van der Waals surface area contributed by atoms with Gasteiger partial charge in [0.05, 0.1) is 26.2 Å². The Labute approximate surface area is 172 Å². The standard InChI is InChI=1S/C21H21N3O4S/c1-26-15-9-12(10-16(27-2)18(15)28-3)14-11-17(25)23-20-19(14)29-21(24-20)22-13-7-5-4-6-8-13/h4-10,14H,11H2,1-3H3,(H,22,24)(H,23,25)/t14-/m1/s1. The molecule has 3 aromatic rings. The van der Waals surface area contributed by atoms with Gasteiger partial charge in [-0.15, -0.1) is 0 Å². The van der Waals surface area contributed by atoms with Gasteiger partial charge in [-0.25, -0.2) is 4.98 Å². The molecule has 1 amide bonds. The van der Waals surface area contributed by atoms with Gasteiger partial charge in [0, 0.05) is 18.0 Å². The van der Waals surface area contributed by atoms with E-state index in [0.717, 1.165) is 21.3 Å². The summed E-state index contributed by atoms with van der Waals surface area (Å²) in [5, 5.41) is 6.90. The van der Waals surface area contributed by atoms with E-state index < -0.39 is 0 Å². The molecule has 150 valence electrons. The Hall–Kier alpha value is -3.26. The number of methoxy groups -OCH3 is 3. The summed E-state index contributed by atoms with van der Waals surface area (Å²) < 4.78 is 16.4. The number of nitrogens with zero attached hydrogens (tertiary/aromatic N) is 1. The van der Waals surface area contributed by atoms with Crippen molar-refractivity contribution in [3.05, 3.63) is 52.9 Å². The van der Waals surface area contributed by atoms with E-state index in [4.69, 9.17) is 14.2 Å². The Morgan fingerprint density at radius 2 is 1.76 bits per heavy atom. The fourth-order valence-electron chi connectivity index (χ4n) is 3.39. The van der Waals surface area contributed by atoms with Crippen LogP contribution in [-0.4, -0.2) is 32.2 Å². The molecule has 0 aliphatic carbocycles. The molecule has 0 spiro atoms. The molecule has 4 rings (SSSR count). The van der Waals surface area contributed by atoms with E-state index in [0.29, 0.717) is 29.5 Å². The largest absolute Gasteiger partial charge is 0.493 e. The quantitative estimate of drug-likeness (QED) is 0.626. The fraction of sp³-hybridized carbons (Fsp3) is 0.238. The molecule has 0 fully saturated rings. The van der Waals surface area contributed by atoms with E-state index in [1.165, 1.54) is 11.3 Å². The zero-order valence-corrected chi connectivity index (χ0v) is 17.1. The maximum Gasteiger partial charge on any atom is 0.226 e. The predicted molar refractivity (Wildman–Crippen MR) is 113 cm³/mol. The van der Waals surface area contributed by atoms with Crippen LogP contribution in [0.3, 0.4) is 0 Å². The van der Waals surface area contributed by atoms with Crippen molar-refractivity contribution in [3.63, 3.8) is 0 Å². The minimum absolute atomic E-state index is 0.0761. The van der Waals surface area contributed by atoms with Crippen molar-refractivity contribution >= 4 is 33.9 Å². The number of aromatic nitrogens is 1. The van der Waals surface area contributed by atoms with E-state index in [2.05, 4.69) is 15.6 Å². The van der Waals surface area contributed by atoms with Gasteiger partial charge in [0.15, 0.2) is 16.6 Å². The van der Waals surface area contributed by atoms with Crippen LogP contribution in [0.2, 0.25) is 0 Å². The lowest BCUT2D eigenvalue weighted by molar-refractivity contribution is -0.116. The highest BCUT2D eigenvalue weighted by molar-refractivity contribution is 7.16. The van der Waals surface area contributed by atoms with Gasteiger partial charge in [0.2, 0.25) is 11.7 Å². The highest BCUT2D eigenvalue weighted by Crippen LogP contribution is 2.47. The average molecular weight is 411 g/mol. The molecule has 7 nitrogen and oxygen atoms in total. The topological polar surface area (TPSA) is 81.7 Å². The van der Waals surface area contributed by atoms with E-state index in [-0.39, 0.29) is 11.8 Å². The molecule has 2 aromatic carbocycles. The van der Waals surface area contributed by atoms with Gasteiger partial charge in [0.25, 0.3) is 0 Å². The lowest BCUT2D eigenvalue weighted by Crippen LogP contribution is -2.22. The zero-order chi connectivity index (χ0) is 20.4. The van der Waals surface area contributed by atoms with Crippen LogP contribution in [0.4, 0.5) is 16.6 Å². The summed E-state index contributed by atoms with van der Waals surface area (Å²) >= 11 is 1.52. The molecule has 29 heavy (non-hydrogen) atoms. The van der Waals surface area contributed by atoms with Gasteiger partial charge in [0.1, 0.15) is 5.82 Å². The summed E-state index contributed by atoms with van der Waals surface area (Å²) in [6, 6.07) is 13.6. The molecular formula is C21H21N3O4S. The molecule has 0 unspecified atom stereocenters. The number of hydrogen-bond donors (Lipinski definition) is 2. The Morgan fingerprint density at radius 1 is 1.07 bits per heavy atom. The molecule has 0 radical (unpaired) electrons. The first kappa shape index (κ1) is 19.1. The number of fused-ring (bicyclic) bond motifs is 1. The van der Waals surface area contributed by atoms with Crippen molar-refractivity contribution in [2.75, 3.05) is 32.0 Å². The van der Waals surface area contributed by atoms with E-state index >= 15 is 0 Å². The Kier molecular flexibility index (Phi) is 5.26. The van der Waals surface area contributed by atoms with Crippen LogP contribution < -0.4 is 24.8 Å². The third-order valence-corrected chi connectivity index (χ3v) is 5.82. The minimum Gasteiger partial charge on any atom is -0.493 e. The van der Waals surface area contributed by atoms with Crippen LogP contribution in [0.1, 0.15) is 22.8 Å². The van der Waals surface area contributed by atoms with Crippen LogP contribution in [0.5, 0.6) is 17.2 Å². The van der Waals surface area contributed by atoms with Gasteiger partial charge in [-0.05, 0) is 29.8 Å². The molecule has 0 saturated heterocycles. The second kappa shape index (κ2) is 8.00. The summed E-state index contributed by atoms with van der Waals surface area (Å²) in [5.74, 6) is 1.99. The van der Waals surface area contributed by atoms with Crippen molar-refractivity contribution in [1.29, 1.82) is 0 Å². The van der Waals surface area contributed by atoms with Crippen molar-refractivity contribution in [1.82, 2.24) is 4.98 Å². The smallest absolute Gasteiger partial charge is 0.226 e. The summed E-state index contributed by atoms with van der Waals surface area (Å²) in [6.45, 7) is 0. The molecule has 1 aliphatic rings. The number of anilines is 3. The first-order valence-corrected chi connectivity index (χ1v) is 9.87. The highest BCUT2D eigenvalue weighted by atomic mass is 32.1. The van der Waals surface area contributed by atoms with E-state index in [1.54, 1.807) is 21.3 Å². The lowest BCUT2D eigenvalue weighted by atomic mass is 9.91. The van der Waals surface area contributed by atoms with Crippen LogP contribution in [0.25, 0.3) is 0 Å². The predicted octanol–water partition coefficient (Wildman–Crippen LogP) is 4.39. The maximum absolute atomic E-state index is 12.4. The van der Waals surface area contributed by atoms with E-state index in [1.807, 2.05) is 42.5 Å². The number of nitrogens with one attached hydrogen (secondary N) is 2. The minimum atomic E-state index is -0.156. The van der Waals surface area contributed by atoms with Gasteiger partial charge in [-0.3, -0.25) is 4.79 Å².